The third kappa shape index (κ3) is 3.46. The average molecular weight is 263 g/mol. The predicted octanol–water partition coefficient (Wildman–Crippen LogP) is 3.27. The molecule has 0 radical (unpaired) electrons. The van der Waals surface area contributed by atoms with Gasteiger partial charge in [-0.2, -0.15) is 4.98 Å². The maximum Gasteiger partial charge on any atom is 0.245 e. The highest BCUT2D eigenvalue weighted by molar-refractivity contribution is 6.32. The molecule has 1 aromatic heterocycles. The second-order valence-electron chi connectivity index (χ2n) is 4.72. The predicted molar refractivity (Wildman–Crippen MR) is 67.0 cm³/mol. The first-order chi connectivity index (χ1) is 7.33. The SMILES string of the molecule is CC(C)C(C)(C)CNc1nc(Cl)nnc1Cl. The van der Waals surface area contributed by atoms with Gasteiger partial charge in [0, 0.05) is 6.54 Å². The van der Waals surface area contributed by atoms with E-state index in [1.807, 2.05) is 0 Å². The van der Waals surface area contributed by atoms with E-state index in [0.717, 1.165) is 6.54 Å². The van der Waals surface area contributed by atoms with Crippen molar-refractivity contribution in [3.05, 3.63) is 10.4 Å². The van der Waals surface area contributed by atoms with Gasteiger partial charge >= 0.3 is 0 Å². The van der Waals surface area contributed by atoms with Crippen molar-refractivity contribution in [1.29, 1.82) is 0 Å². The van der Waals surface area contributed by atoms with Crippen molar-refractivity contribution >= 4 is 29.0 Å². The number of hydrogen-bond acceptors (Lipinski definition) is 4. The van der Waals surface area contributed by atoms with Gasteiger partial charge < -0.3 is 5.32 Å². The van der Waals surface area contributed by atoms with Crippen LogP contribution in [-0.4, -0.2) is 21.7 Å². The second-order valence-corrected chi connectivity index (χ2v) is 5.41. The van der Waals surface area contributed by atoms with Gasteiger partial charge in [-0.3, -0.25) is 0 Å². The first-order valence-corrected chi connectivity index (χ1v) is 5.88. The highest BCUT2D eigenvalue weighted by Gasteiger charge is 2.22. The van der Waals surface area contributed by atoms with E-state index in [-0.39, 0.29) is 15.9 Å². The van der Waals surface area contributed by atoms with Gasteiger partial charge in [-0.25, -0.2) is 0 Å². The Hall–Kier alpha value is -0.610. The van der Waals surface area contributed by atoms with Crippen molar-refractivity contribution in [1.82, 2.24) is 15.2 Å². The number of anilines is 1. The largest absolute Gasteiger partial charge is 0.367 e. The number of halogens is 2. The third-order valence-electron chi connectivity index (χ3n) is 2.89. The number of nitrogens with one attached hydrogen (secondary N) is 1. The molecule has 1 rings (SSSR count). The molecule has 6 heteroatoms. The summed E-state index contributed by atoms with van der Waals surface area (Å²) in [6.07, 6.45) is 0. The van der Waals surface area contributed by atoms with Crippen molar-refractivity contribution in [3.8, 4) is 0 Å². The summed E-state index contributed by atoms with van der Waals surface area (Å²) in [6.45, 7) is 9.45. The second kappa shape index (κ2) is 5.15. The fourth-order valence-corrected chi connectivity index (χ4v) is 1.19. The lowest BCUT2D eigenvalue weighted by Crippen LogP contribution is -2.29. The van der Waals surface area contributed by atoms with Crippen LogP contribution in [-0.2, 0) is 0 Å². The molecular formula is C10H16Cl2N4. The van der Waals surface area contributed by atoms with Crippen LogP contribution < -0.4 is 5.32 Å². The van der Waals surface area contributed by atoms with Crippen LogP contribution in [0.1, 0.15) is 27.7 Å². The van der Waals surface area contributed by atoms with E-state index in [2.05, 4.69) is 48.2 Å². The standard InChI is InChI=1S/C10H16Cl2N4/c1-6(2)10(3,4)5-13-8-7(11)15-16-9(12)14-8/h6H,5H2,1-4H3,(H,13,14,16). The zero-order chi connectivity index (χ0) is 12.3. The van der Waals surface area contributed by atoms with E-state index in [4.69, 9.17) is 23.2 Å². The third-order valence-corrected chi connectivity index (χ3v) is 3.31. The van der Waals surface area contributed by atoms with Gasteiger partial charge in [-0.15, -0.1) is 10.2 Å². The summed E-state index contributed by atoms with van der Waals surface area (Å²) in [4.78, 5) is 3.98. The van der Waals surface area contributed by atoms with Crippen LogP contribution in [0.4, 0.5) is 5.82 Å². The molecular weight excluding hydrogens is 247 g/mol. The molecule has 1 heterocycles. The van der Waals surface area contributed by atoms with Crippen LogP contribution in [0.15, 0.2) is 0 Å². The molecule has 90 valence electrons. The fourth-order valence-electron chi connectivity index (χ4n) is 0.921. The molecule has 1 N–H and O–H groups in total. The molecule has 0 amide bonds. The Bertz CT molecular complexity index is 366. The molecule has 0 fully saturated rings. The van der Waals surface area contributed by atoms with Crippen molar-refractivity contribution in [3.63, 3.8) is 0 Å². The summed E-state index contributed by atoms with van der Waals surface area (Å²) in [6, 6.07) is 0. The number of rotatable bonds is 4. The fraction of sp³-hybridized carbons (Fsp3) is 0.700. The van der Waals surface area contributed by atoms with E-state index in [9.17, 15) is 0 Å². The van der Waals surface area contributed by atoms with Gasteiger partial charge in [0.15, 0.2) is 11.0 Å². The topological polar surface area (TPSA) is 50.7 Å². The smallest absolute Gasteiger partial charge is 0.245 e. The number of hydrogen-bond donors (Lipinski definition) is 1. The van der Waals surface area contributed by atoms with Crippen molar-refractivity contribution in [2.45, 2.75) is 27.7 Å². The van der Waals surface area contributed by atoms with Gasteiger partial charge in [0.25, 0.3) is 0 Å². The van der Waals surface area contributed by atoms with Crippen LogP contribution in [0, 0.1) is 11.3 Å². The van der Waals surface area contributed by atoms with E-state index in [0.29, 0.717) is 11.7 Å². The molecule has 0 aliphatic carbocycles. The summed E-state index contributed by atoms with van der Waals surface area (Å²) in [5.74, 6) is 1.03. The van der Waals surface area contributed by atoms with Gasteiger partial charge in [-0.05, 0) is 22.9 Å². The molecule has 1 aromatic rings. The number of nitrogens with zero attached hydrogens (tertiary/aromatic N) is 3. The molecule has 4 nitrogen and oxygen atoms in total. The van der Waals surface area contributed by atoms with E-state index in [1.54, 1.807) is 0 Å². The van der Waals surface area contributed by atoms with Crippen molar-refractivity contribution < 1.29 is 0 Å². The highest BCUT2D eigenvalue weighted by Crippen LogP contribution is 2.27. The minimum atomic E-state index is 0.0919. The lowest BCUT2D eigenvalue weighted by molar-refractivity contribution is 0.269. The molecule has 0 unspecified atom stereocenters. The average Bonchev–Trinajstić information content (AvgIpc) is 2.19. The Labute approximate surface area is 106 Å². The number of aromatic nitrogens is 3. The molecule has 0 saturated heterocycles. The molecule has 0 saturated carbocycles. The normalized spacial score (nSPS) is 11.9. The Morgan fingerprint density at radius 2 is 1.88 bits per heavy atom. The molecule has 0 atom stereocenters. The highest BCUT2D eigenvalue weighted by atomic mass is 35.5. The molecule has 0 aromatic carbocycles. The summed E-state index contributed by atoms with van der Waals surface area (Å²) >= 11 is 11.5. The summed E-state index contributed by atoms with van der Waals surface area (Å²) in [7, 11) is 0. The molecule has 0 aliphatic heterocycles. The maximum atomic E-state index is 5.85. The summed E-state index contributed by atoms with van der Waals surface area (Å²) < 4.78 is 0. The zero-order valence-corrected chi connectivity index (χ0v) is 11.4. The van der Waals surface area contributed by atoms with Crippen LogP contribution in [0.3, 0.4) is 0 Å². The monoisotopic (exact) mass is 262 g/mol. The van der Waals surface area contributed by atoms with Gasteiger partial charge in [0.2, 0.25) is 5.28 Å². The first-order valence-electron chi connectivity index (χ1n) is 5.12. The summed E-state index contributed by atoms with van der Waals surface area (Å²) in [5.41, 5.74) is 0.140. The Morgan fingerprint density at radius 3 is 2.44 bits per heavy atom. The molecule has 0 spiro atoms. The van der Waals surface area contributed by atoms with E-state index >= 15 is 0 Å². The Morgan fingerprint density at radius 1 is 1.25 bits per heavy atom. The van der Waals surface area contributed by atoms with Crippen molar-refractivity contribution in [2.75, 3.05) is 11.9 Å². The molecule has 0 bridgehead atoms. The Balaban J connectivity index is 2.71. The minimum absolute atomic E-state index is 0.0919. The van der Waals surface area contributed by atoms with Crippen molar-refractivity contribution in [2.24, 2.45) is 11.3 Å². The lowest BCUT2D eigenvalue weighted by Gasteiger charge is -2.29. The van der Waals surface area contributed by atoms with Gasteiger partial charge in [0.1, 0.15) is 0 Å². The first kappa shape index (κ1) is 13.5. The van der Waals surface area contributed by atoms with Crippen LogP contribution in [0.25, 0.3) is 0 Å². The molecule has 0 aliphatic rings. The van der Waals surface area contributed by atoms with Gasteiger partial charge in [0.05, 0.1) is 0 Å². The minimum Gasteiger partial charge on any atom is -0.367 e. The van der Waals surface area contributed by atoms with Gasteiger partial charge in [-0.1, -0.05) is 39.3 Å². The zero-order valence-electron chi connectivity index (χ0n) is 9.88. The van der Waals surface area contributed by atoms with Crippen LogP contribution in [0.5, 0.6) is 0 Å². The van der Waals surface area contributed by atoms with Crippen LogP contribution >= 0.6 is 23.2 Å². The van der Waals surface area contributed by atoms with Crippen LogP contribution in [0.2, 0.25) is 10.4 Å². The maximum absolute atomic E-state index is 5.85. The van der Waals surface area contributed by atoms with E-state index < -0.39 is 0 Å². The lowest BCUT2D eigenvalue weighted by atomic mass is 9.81. The summed E-state index contributed by atoms with van der Waals surface area (Å²) in [5, 5.41) is 10.7. The quantitative estimate of drug-likeness (QED) is 0.905. The molecule has 16 heavy (non-hydrogen) atoms. The van der Waals surface area contributed by atoms with E-state index in [1.165, 1.54) is 0 Å². The Kier molecular flexibility index (Phi) is 4.33.